The molecule has 0 bridgehead atoms. The minimum atomic E-state index is -0.175. The van der Waals surface area contributed by atoms with Crippen LogP contribution in [-0.2, 0) is 14.4 Å². The van der Waals surface area contributed by atoms with Gasteiger partial charge in [0, 0.05) is 65.2 Å². The Balaban J connectivity index is 1.24. The van der Waals surface area contributed by atoms with Gasteiger partial charge in [0.15, 0.2) is 0 Å². The average Bonchev–Trinajstić information content (AvgIpc) is 3.46. The van der Waals surface area contributed by atoms with Gasteiger partial charge in [0.1, 0.15) is 0 Å². The SMILES string of the molecule is O=C1CCCN1CCCN1C[C@@H](C(=O)N2CCN(C(=O)c3cccs3)CC2)CCC1=O. The molecule has 0 N–H and O–H groups in total. The summed E-state index contributed by atoms with van der Waals surface area (Å²) < 4.78 is 0. The molecule has 4 amide bonds. The van der Waals surface area contributed by atoms with E-state index in [1.807, 2.05) is 32.2 Å². The topological polar surface area (TPSA) is 81.2 Å². The van der Waals surface area contributed by atoms with Crippen molar-refractivity contribution < 1.29 is 19.2 Å². The molecule has 8 nitrogen and oxygen atoms in total. The molecule has 0 spiro atoms. The quantitative estimate of drug-likeness (QED) is 0.659. The van der Waals surface area contributed by atoms with E-state index >= 15 is 0 Å². The first kappa shape index (κ1) is 21.8. The number of likely N-dealkylation sites (tertiary alicyclic amines) is 2. The Labute approximate surface area is 186 Å². The second-order valence-electron chi connectivity index (χ2n) is 8.51. The highest BCUT2D eigenvalue weighted by atomic mass is 32.1. The number of rotatable bonds is 6. The summed E-state index contributed by atoms with van der Waals surface area (Å²) in [5.74, 6) is 0.257. The summed E-state index contributed by atoms with van der Waals surface area (Å²) in [6, 6.07) is 3.70. The van der Waals surface area contributed by atoms with Crippen LogP contribution in [0.5, 0.6) is 0 Å². The summed E-state index contributed by atoms with van der Waals surface area (Å²) in [6.45, 7) is 4.71. The number of piperazine rings is 1. The molecular formula is C22H30N4O4S. The number of carbonyl (C=O) groups is 4. The lowest BCUT2D eigenvalue weighted by molar-refractivity contribution is -0.144. The molecule has 1 aromatic heterocycles. The minimum Gasteiger partial charge on any atom is -0.343 e. The summed E-state index contributed by atoms with van der Waals surface area (Å²) in [5.41, 5.74) is 0. The maximum absolute atomic E-state index is 13.1. The first-order valence-electron chi connectivity index (χ1n) is 11.2. The average molecular weight is 447 g/mol. The summed E-state index contributed by atoms with van der Waals surface area (Å²) in [6.07, 6.45) is 3.29. The van der Waals surface area contributed by atoms with Gasteiger partial charge < -0.3 is 19.6 Å². The van der Waals surface area contributed by atoms with Crippen LogP contribution in [0.25, 0.3) is 0 Å². The van der Waals surface area contributed by atoms with Crippen LogP contribution in [0.3, 0.4) is 0 Å². The van der Waals surface area contributed by atoms with Crippen LogP contribution < -0.4 is 0 Å². The van der Waals surface area contributed by atoms with Crippen molar-refractivity contribution in [1.29, 1.82) is 0 Å². The Bertz CT molecular complexity index is 819. The Hall–Kier alpha value is -2.42. The van der Waals surface area contributed by atoms with Crippen LogP contribution in [0, 0.1) is 5.92 Å². The molecular weight excluding hydrogens is 416 g/mol. The van der Waals surface area contributed by atoms with Gasteiger partial charge in [-0.1, -0.05) is 6.07 Å². The third-order valence-electron chi connectivity index (χ3n) is 6.49. The molecule has 0 aromatic carbocycles. The zero-order valence-corrected chi connectivity index (χ0v) is 18.6. The Morgan fingerprint density at radius 1 is 0.935 bits per heavy atom. The van der Waals surface area contributed by atoms with E-state index in [0.717, 1.165) is 24.3 Å². The zero-order chi connectivity index (χ0) is 21.8. The normalized spacial score (nSPS) is 22.4. The van der Waals surface area contributed by atoms with E-state index in [9.17, 15) is 19.2 Å². The predicted molar refractivity (Wildman–Crippen MR) is 117 cm³/mol. The van der Waals surface area contributed by atoms with Crippen LogP contribution in [0.4, 0.5) is 0 Å². The molecule has 0 unspecified atom stereocenters. The van der Waals surface area contributed by atoms with Crippen LogP contribution in [0.2, 0.25) is 0 Å². The van der Waals surface area contributed by atoms with Crippen molar-refractivity contribution in [1.82, 2.24) is 19.6 Å². The maximum Gasteiger partial charge on any atom is 0.264 e. The van der Waals surface area contributed by atoms with Crippen LogP contribution in [-0.4, -0.2) is 95.6 Å². The molecule has 31 heavy (non-hydrogen) atoms. The van der Waals surface area contributed by atoms with E-state index in [4.69, 9.17) is 0 Å². The van der Waals surface area contributed by atoms with Gasteiger partial charge >= 0.3 is 0 Å². The van der Waals surface area contributed by atoms with Gasteiger partial charge in [-0.2, -0.15) is 0 Å². The third-order valence-corrected chi connectivity index (χ3v) is 7.35. The Kier molecular flexibility index (Phi) is 6.89. The maximum atomic E-state index is 13.1. The molecule has 168 valence electrons. The van der Waals surface area contributed by atoms with Gasteiger partial charge in [-0.15, -0.1) is 11.3 Å². The predicted octanol–water partition coefficient (Wildman–Crippen LogP) is 1.28. The number of piperidine rings is 1. The first-order chi connectivity index (χ1) is 15.0. The van der Waals surface area contributed by atoms with Gasteiger partial charge in [0.2, 0.25) is 17.7 Å². The van der Waals surface area contributed by atoms with Gasteiger partial charge in [-0.3, -0.25) is 19.2 Å². The zero-order valence-electron chi connectivity index (χ0n) is 17.8. The molecule has 0 radical (unpaired) electrons. The molecule has 3 aliphatic heterocycles. The number of thiophene rings is 1. The lowest BCUT2D eigenvalue weighted by atomic mass is 9.95. The van der Waals surface area contributed by atoms with Crippen molar-refractivity contribution in [3.05, 3.63) is 22.4 Å². The fourth-order valence-corrected chi connectivity index (χ4v) is 5.36. The highest BCUT2D eigenvalue weighted by Gasteiger charge is 2.34. The highest BCUT2D eigenvalue weighted by Crippen LogP contribution is 2.22. The molecule has 1 atom stereocenters. The highest BCUT2D eigenvalue weighted by molar-refractivity contribution is 7.12. The number of nitrogens with zero attached hydrogens (tertiary/aromatic N) is 4. The Morgan fingerprint density at radius 3 is 2.32 bits per heavy atom. The van der Waals surface area contributed by atoms with Gasteiger partial charge in [0.05, 0.1) is 10.8 Å². The molecule has 0 aliphatic carbocycles. The van der Waals surface area contributed by atoms with E-state index in [0.29, 0.717) is 65.1 Å². The van der Waals surface area contributed by atoms with E-state index in [2.05, 4.69) is 0 Å². The molecule has 4 rings (SSSR count). The number of hydrogen-bond acceptors (Lipinski definition) is 5. The fourth-order valence-electron chi connectivity index (χ4n) is 4.67. The summed E-state index contributed by atoms with van der Waals surface area (Å²) in [7, 11) is 0. The Morgan fingerprint density at radius 2 is 1.65 bits per heavy atom. The van der Waals surface area contributed by atoms with Crippen molar-refractivity contribution in [3.63, 3.8) is 0 Å². The fraction of sp³-hybridized carbons (Fsp3) is 0.636. The number of carbonyl (C=O) groups excluding carboxylic acids is 4. The number of amides is 4. The molecule has 4 heterocycles. The van der Waals surface area contributed by atoms with Crippen molar-refractivity contribution >= 4 is 35.0 Å². The lowest BCUT2D eigenvalue weighted by Crippen LogP contribution is -2.54. The third kappa shape index (κ3) is 5.08. The van der Waals surface area contributed by atoms with Crippen molar-refractivity contribution in [2.45, 2.75) is 32.1 Å². The summed E-state index contributed by atoms with van der Waals surface area (Å²) in [5, 5.41) is 1.89. The van der Waals surface area contributed by atoms with Crippen molar-refractivity contribution in [3.8, 4) is 0 Å². The molecule has 3 fully saturated rings. The molecule has 3 saturated heterocycles. The standard InChI is InChI=1S/C22H30N4O4S/c27-19-5-1-8-23(19)9-3-10-26-16-17(6-7-20(26)28)21(29)24-11-13-25(14-12-24)22(30)18-4-2-15-31-18/h2,4,15,17H,1,3,5-14,16H2/t17-/m0/s1. The minimum absolute atomic E-state index is 0.0352. The van der Waals surface area contributed by atoms with Crippen molar-refractivity contribution in [2.75, 3.05) is 52.4 Å². The van der Waals surface area contributed by atoms with Gasteiger partial charge in [0.25, 0.3) is 5.91 Å². The van der Waals surface area contributed by atoms with E-state index in [1.165, 1.54) is 11.3 Å². The van der Waals surface area contributed by atoms with Crippen molar-refractivity contribution in [2.24, 2.45) is 5.92 Å². The lowest BCUT2D eigenvalue weighted by Gasteiger charge is -2.39. The number of hydrogen-bond donors (Lipinski definition) is 0. The van der Waals surface area contributed by atoms with Crippen LogP contribution >= 0.6 is 11.3 Å². The second-order valence-corrected chi connectivity index (χ2v) is 9.46. The molecule has 1 aromatic rings. The summed E-state index contributed by atoms with van der Waals surface area (Å²) >= 11 is 1.44. The monoisotopic (exact) mass is 446 g/mol. The second kappa shape index (κ2) is 9.80. The van der Waals surface area contributed by atoms with Gasteiger partial charge in [-0.05, 0) is 30.7 Å². The largest absolute Gasteiger partial charge is 0.343 e. The van der Waals surface area contributed by atoms with Crippen LogP contribution in [0.1, 0.15) is 41.8 Å². The van der Waals surface area contributed by atoms with Gasteiger partial charge in [-0.25, -0.2) is 0 Å². The first-order valence-corrected chi connectivity index (χ1v) is 12.1. The molecule has 0 saturated carbocycles. The molecule has 9 heteroatoms. The summed E-state index contributed by atoms with van der Waals surface area (Å²) in [4.78, 5) is 57.7. The van der Waals surface area contributed by atoms with E-state index in [1.54, 1.807) is 4.90 Å². The smallest absolute Gasteiger partial charge is 0.264 e. The molecule has 3 aliphatic rings. The van der Waals surface area contributed by atoms with Crippen LogP contribution in [0.15, 0.2) is 17.5 Å². The van der Waals surface area contributed by atoms with E-state index in [-0.39, 0.29) is 29.5 Å². The van der Waals surface area contributed by atoms with E-state index < -0.39 is 0 Å².